The standard InChI is InChI=1S/C24H28N6O3S/c1-2-11-30-22-8-6-19(34(32,33)29-12-3-4-13-29)15-21(22)27-23(30)9-10-24(31)26-18-5-7-20-17(14-18)16-25-28-20/h5-8,14-16H,2-4,9-13H2,1H3,(H,25,28)(H,26,31). The predicted octanol–water partition coefficient (Wildman–Crippen LogP) is 3.68. The average molecular weight is 481 g/mol. The number of carbonyl (C=O) groups is 1. The number of hydrogen-bond donors (Lipinski definition) is 2. The Kier molecular flexibility index (Phi) is 6.09. The second-order valence-electron chi connectivity index (χ2n) is 8.66. The van der Waals surface area contributed by atoms with E-state index < -0.39 is 10.0 Å². The highest BCUT2D eigenvalue weighted by molar-refractivity contribution is 7.89. The van der Waals surface area contributed by atoms with Gasteiger partial charge in [0, 0.05) is 43.5 Å². The molecule has 0 saturated carbocycles. The minimum Gasteiger partial charge on any atom is -0.328 e. The first kappa shape index (κ1) is 22.5. The van der Waals surface area contributed by atoms with Crippen LogP contribution in [0.1, 0.15) is 38.4 Å². The summed E-state index contributed by atoms with van der Waals surface area (Å²) in [6, 6.07) is 10.8. The molecule has 1 aliphatic heterocycles. The van der Waals surface area contributed by atoms with Gasteiger partial charge >= 0.3 is 0 Å². The van der Waals surface area contributed by atoms with E-state index in [1.807, 2.05) is 24.3 Å². The lowest BCUT2D eigenvalue weighted by Gasteiger charge is -2.15. The number of carbonyl (C=O) groups excluding carboxylic acids is 1. The molecule has 0 radical (unpaired) electrons. The van der Waals surface area contributed by atoms with Crippen molar-refractivity contribution in [2.24, 2.45) is 0 Å². The predicted molar refractivity (Wildman–Crippen MR) is 131 cm³/mol. The number of fused-ring (bicyclic) bond motifs is 2. The van der Waals surface area contributed by atoms with Crippen molar-refractivity contribution in [2.75, 3.05) is 18.4 Å². The quantitative estimate of drug-likeness (QED) is 0.399. The zero-order valence-electron chi connectivity index (χ0n) is 19.1. The summed E-state index contributed by atoms with van der Waals surface area (Å²) in [5.41, 5.74) is 3.17. The van der Waals surface area contributed by atoms with Crippen LogP contribution in [-0.4, -0.2) is 51.5 Å². The van der Waals surface area contributed by atoms with Crippen molar-refractivity contribution in [3.05, 3.63) is 48.4 Å². The van der Waals surface area contributed by atoms with Gasteiger partial charge in [-0.2, -0.15) is 9.40 Å². The third-order valence-electron chi connectivity index (χ3n) is 6.25. The topological polar surface area (TPSA) is 113 Å². The molecule has 0 unspecified atom stereocenters. The third-order valence-corrected chi connectivity index (χ3v) is 8.14. The fourth-order valence-corrected chi connectivity index (χ4v) is 6.07. The lowest BCUT2D eigenvalue weighted by molar-refractivity contribution is -0.116. The van der Waals surface area contributed by atoms with Gasteiger partial charge in [-0.25, -0.2) is 13.4 Å². The van der Waals surface area contributed by atoms with E-state index >= 15 is 0 Å². The Hall–Kier alpha value is -3.24. The number of aromatic nitrogens is 4. The second-order valence-corrected chi connectivity index (χ2v) is 10.6. The van der Waals surface area contributed by atoms with Crippen LogP contribution in [0.4, 0.5) is 5.69 Å². The average Bonchev–Trinajstić information content (AvgIpc) is 3.58. The minimum absolute atomic E-state index is 0.102. The highest BCUT2D eigenvalue weighted by atomic mass is 32.2. The van der Waals surface area contributed by atoms with Crippen LogP contribution in [0.5, 0.6) is 0 Å². The molecule has 2 aromatic heterocycles. The van der Waals surface area contributed by atoms with Gasteiger partial charge in [-0.1, -0.05) is 6.92 Å². The molecule has 34 heavy (non-hydrogen) atoms. The van der Waals surface area contributed by atoms with Gasteiger partial charge in [-0.15, -0.1) is 0 Å². The Morgan fingerprint density at radius 1 is 1.15 bits per heavy atom. The number of amides is 1. The lowest BCUT2D eigenvalue weighted by atomic mass is 10.2. The van der Waals surface area contributed by atoms with Crippen molar-refractivity contribution in [1.82, 2.24) is 24.1 Å². The molecule has 4 aromatic rings. The number of anilines is 1. The number of aryl methyl sites for hydroxylation is 2. The molecule has 0 bridgehead atoms. The molecule has 0 aliphatic carbocycles. The zero-order valence-corrected chi connectivity index (χ0v) is 19.9. The fraction of sp³-hybridized carbons (Fsp3) is 0.375. The molecule has 2 N–H and O–H groups in total. The first-order valence-electron chi connectivity index (χ1n) is 11.7. The number of nitrogens with zero attached hydrogens (tertiary/aromatic N) is 4. The molecular formula is C24H28N6O3S. The zero-order chi connectivity index (χ0) is 23.7. The Labute approximate surface area is 198 Å². The number of H-pyrrole nitrogens is 1. The van der Waals surface area contributed by atoms with Crippen molar-refractivity contribution in [3.63, 3.8) is 0 Å². The number of nitrogens with one attached hydrogen (secondary N) is 2. The van der Waals surface area contributed by atoms with Crippen molar-refractivity contribution in [1.29, 1.82) is 0 Å². The maximum Gasteiger partial charge on any atom is 0.243 e. The van der Waals surface area contributed by atoms with E-state index in [1.165, 1.54) is 0 Å². The van der Waals surface area contributed by atoms with Crippen LogP contribution in [-0.2, 0) is 27.8 Å². The number of sulfonamides is 1. The number of imidazole rings is 1. The van der Waals surface area contributed by atoms with Crippen molar-refractivity contribution in [3.8, 4) is 0 Å². The highest BCUT2D eigenvalue weighted by Gasteiger charge is 2.27. The van der Waals surface area contributed by atoms with Gasteiger partial charge < -0.3 is 9.88 Å². The van der Waals surface area contributed by atoms with E-state index in [4.69, 9.17) is 4.98 Å². The molecule has 9 nitrogen and oxygen atoms in total. The number of rotatable bonds is 8. The Balaban J connectivity index is 1.35. The molecule has 10 heteroatoms. The first-order valence-corrected chi connectivity index (χ1v) is 13.1. The molecule has 1 saturated heterocycles. The van der Waals surface area contributed by atoms with Crippen molar-refractivity contribution >= 4 is 43.6 Å². The van der Waals surface area contributed by atoms with E-state index in [9.17, 15) is 13.2 Å². The lowest BCUT2D eigenvalue weighted by Crippen LogP contribution is -2.27. The molecule has 1 aliphatic rings. The van der Waals surface area contributed by atoms with Crippen LogP contribution < -0.4 is 5.32 Å². The van der Waals surface area contributed by atoms with E-state index in [-0.39, 0.29) is 17.2 Å². The van der Waals surface area contributed by atoms with E-state index in [2.05, 4.69) is 27.0 Å². The Morgan fingerprint density at radius 2 is 1.97 bits per heavy atom. The van der Waals surface area contributed by atoms with Gasteiger partial charge in [0.25, 0.3) is 0 Å². The van der Waals surface area contributed by atoms with Gasteiger partial charge in [0.2, 0.25) is 15.9 Å². The number of hydrogen-bond acceptors (Lipinski definition) is 5. The maximum absolute atomic E-state index is 13.0. The molecular weight excluding hydrogens is 452 g/mol. The smallest absolute Gasteiger partial charge is 0.243 e. The molecule has 178 valence electrons. The summed E-state index contributed by atoms with van der Waals surface area (Å²) >= 11 is 0. The summed E-state index contributed by atoms with van der Waals surface area (Å²) in [4.78, 5) is 17.6. The van der Waals surface area contributed by atoms with Crippen LogP contribution in [0.15, 0.2) is 47.5 Å². The van der Waals surface area contributed by atoms with E-state index in [1.54, 1.807) is 22.6 Å². The largest absolute Gasteiger partial charge is 0.328 e. The number of aromatic amines is 1. The Morgan fingerprint density at radius 3 is 2.76 bits per heavy atom. The summed E-state index contributed by atoms with van der Waals surface area (Å²) in [5.74, 6) is 0.684. The third kappa shape index (κ3) is 4.30. The van der Waals surface area contributed by atoms with Gasteiger partial charge in [0.1, 0.15) is 5.82 Å². The molecule has 1 amide bonds. The van der Waals surface area contributed by atoms with Crippen LogP contribution in [0.3, 0.4) is 0 Å². The maximum atomic E-state index is 13.0. The SMILES string of the molecule is CCCn1c(CCC(=O)Nc2ccc3[nH]ncc3c2)nc2cc(S(=O)(=O)N3CCCC3)ccc21. The minimum atomic E-state index is -3.50. The van der Waals surface area contributed by atoms with Crippen molar-refractivity contribution in [2.45, 2.75) is 50.5 Å². The summed E-state index contributed by atoms with van der Waals surface area (Å²) in [6.07, 6.45) is 5.15. The summed E-state index contributed by atoms with van der Waals surface area (Å²) in [7, 11) is -3.50. The van der Waals surface area contributed by atoms with E-state index in [0.29, 0.717) is 25.0 Å². The Bertz CT molecular complexity index is 1450. The van der Waals surface area contributed by atoms with E-state index in [0.717, 1.165) is 53.7 Å². The molecule has 1 fully saturated rings. The van der Waals surface area contributed by atoms with Gasteiger partial charge in [0.05, 0.1) is 27.6 Å². The van der Waals surface area contributed by atoms with Crippen LogP contribution in [0, 0.1) is 0 Å². The monoisotopic (exact) mass is 480 g/mol. The van der Waals surface area contributed by atoms with Gasteiger partial charge in [-0.05, 0) is 55.7 Å². The normalized spacial score (nSPS) is 14.9. The molecule has 0 atom stereocenters. The summed E-state index contributed by atoms with van der Waals surface area (Å²) < 4.78 is 29.6. The van der Waals surface area contributed by atoms with Crippen molar-refractivity contribution < 1.29 is 13.2 Å². The van der Waals surface area contributed by atoms with Crippen LogP contribution >= 0.6 is 0 Å². The summed E-state index contributed by atoms with van der Waals surface area (Å²) in [5, 5.41) is 10.8. The first-order chi connectivity index (χ1) is 16.5. The molecule has 3 heterocycles. The second kappa shape index (κ2) is 9.19. The molecule has 2 aromatic carbocycles. The van der Waals surface area contributed by atoms with Crippen LogP contribution in [0.2, 0.25) is 0 Å². The van der Waals surface area contributed by atoms with Crippen LogP contribution in [0.25, 0.3) is 21.9 Å². The number of benzene rings is 2. The highest BCUT2D eigenvalue weighted by Crippen LogP contribution is 2.26. The fourth-order valence-electron chi connectivity index (χ4n) is 4.53. The molecule has 5 rings (SSSR count). The van der Waals surface area contributed by atoms with Gasteiger partial charge in [-0.3, -0.25) is 9.89 Å². The van der Waals surface area contributed by atoms with Gasteiger partial charge in [0.15, 0.2) is 0 Å². The molecule has 0 spiro atoms. The summed E-state index contributed by atoms with van der Waals surface area (Å²) in [6.45, 7) is 3.97.